The van der Waals surface area contributed by atoms with Gasteiger partial charge in [-0.05, 0) is 43.7 Å². The van der Waals surface area contributed by atoms with Gasteiger partial charge in [0.25, 0.3) is 17.7 Å². The van der Waals surface area contributed by atoms with Crippen molar-refractivity contribution in [2.45, 2.75) is 26.7 Å². The summed E-state index contributed by atoms with van der Waals surface area (Å²) in [5.41, 5.74) is 1.61. The molecule has 8 heteroatoms. The first-order valence-electron chi connectivity index (χ1n) is 9.79. The third-order valence-corrected chi connectivity index (χ3v) is 4.91. The van der Waals surface area contributed by atoms with Gasteiger partial charge in [-0.3, -0.25) is 19.3 Å². The van der Waals surface area contributed by atoms with E-state index in [4.69, 9.17) is 0 Å². The first kappa shape index (κ1) is 19.5. The first-order valence-corrected chi connectivity index (χ1v) is 9.79. The molecule has 0 bridgehead atoms. The summed E-state index contributed by atoms with van der Waals surface area (Å²) in [4.78, 5) is 43.5. The van der Waals surface area contributed by atoms with Crippen molar-refractivity contribution >= 4 is 23.5 Å². The molecule has 2 aromatic heterocycles. The molecule has 0 fully saturated rings. The Balaban J connectivity index is 1.59. The molecule has 1 N–H and O–H groups in total. The van der Waals surface area contributed by atoms with E-state index in [0.29, 0.717) is 29.3 Å². The second-order valence-corrected chi connectivity index (χ2v) is 7.10. The number of fused-ring (bicyclic) bond motifs is 1. The number of aromatic nitrogens is 3. The van der Waals surface area contributed by atoms with Crippen LogP contribution in [0.25, 0.3) is 5.82 Å². The number of anilines is 1. The highest BCUT2D eigenvalue weighted by molar-refractivity contribution is 6.22. The Kier molecular flexibility index (Phi) is 5.14. The molecular formula is C22H21N5O3. The molecule has 0 radical (unpaired) electrons. The average molecular weight is 403 g/mol. The number of amides is 3. The molecule has 3 aromatic rings. The van der Waals surface area contributed by atoms with Crippen LogP contribution >= 0.6 is 0 Å². The molecule has 1 aliphatic heterocycles. The predicted molar refractivity (Wildman–Crippen MR) is 111 cm³/mol. The van der Waals surface area contributed by atoms with E-state index < -0.39 is 5.91 Å². The van der Waals surface area contributed by atoms with E-state index in [1.165, 1.54) is 17.0 Å². The van der Waals surface area contributed by atoms with Crippen molar-refractivity contribution in [3.05, 3.63) is 71.0 Å². The lowest BCUT2D eigenvalue weighted by molar-refractivity contribution is 0.0652. The Hall–Kier alpha value is -3.81. The van der Waals surface area contributed by atoms with Gasteiger partial charge in [-0.25, -0.2) is 4.98 Å². The molecule has 0 saturated heterocycles. The van der Waals surface area contributed by atoms with Crippen molar-refractivity contribution in [2.75, 3.05) is 11.9 Å². The molecule has 0 unspecified atom stereocenters. The van der Waals surface area contributed by atoms with E-state index in [1.807, 2.05) is 19.9 Å². The Morgan fingerprint density at radius 1 is 1.07 bits per heavy atom. The first-order chi connectivity index (χ1) is 14.5. The summed E-state index contributed by atoms with van der Waals surface area (Å²) in [6.45, 7) is 4.20. The predicted octanol–water partition coefficient (Wildman–Crippen LogP) is 3.22. The molecule has 30 heavy (non-hydrogen) atoms. The van der Waals surface area contributed by atoms with Gasteiger partial charge >= 0.3 is 0 Å². The third-order valence-electron chi connectivity index (χ3n) is 4.91. The number of hydrogen-bond acceptors (Lipinski definition) is 5. The zero-order valence-corrected chi connectivity index (χ0v) is 16.8. The fraction of sp³-hybridized carbons (Fsp3) is 0.227. The Morgan fingerprint density at radius 2 is 1.87 bits per heavy atom. The number of rotatable bonds is 6. The lowest BCUT2D eigenvalue weighted by Crippen LogP contribution is -2.30. The molecule has 4 rings (SSSR count). The van der Waals surface area contributed by atoms with Crippen molar-refractivity contribution in [1.82, 2.24) is 19.7 Å². The summed E-state index contributed by atoms with van der Waals surface area (Å²) in [6, 6.07) is 11.7. The summed E-state index contributed by atoms with van der Waals surface area (Å²) in [5, 5.41) is 7.20. The largest absolute Gasteiger partial charge is 0.306 e. The summed E-state index contributed by atoms with van der Waals surface area (Å²) >= 11 is 0. The van der Waals surface area contributed by atoms with Crippen LogP contribution in [0.3, 0.4) is 0 Å². The Morgan fingerprint density at radius 3 is 2.60 bits per heavy atom. The number of carbonyl (C=O) groups is 3. The Bertz CT molecular complexity index is 1140. The number of pyridine rings is 1. The van der Waals surface area contributed by atoms with Gasteiger partial charge in [-0.2, -0.15) is 9.78 Å². The number of imide groups is 1. The number of unbranched alkanes of at least 4 members (excludes halogenated alkanes) is 1. The highest BCUT2D eigenvalue weighted by Crippen LogP contribution is 2.25. The number of nitrogens with one attached hydrogen (secondary N) is 1. The maximum absolute atomic E-state index is 12.9. The fourth-order valence-corrected chi connectivity index (χ4v) is 3.38. The van der Waals surface area contributed by atoms with Gasteiger partial charge in [0.15, 0.2) is 5.82 Å². The topological polar surface area (TPSA) is 97.2 Å². The number of carbonyl (C=O) groups excluding carboxylic acids is 3. The van der Waals surface area contributed by atoms with Crippen molar-refractivity contribution < 1.29 is 14.4 Å². The van der Waals surface area contributed by atoms with Crippen molar-refractivity contribution in [1.29, 1.82) is 0 Å². The van der Waals surface area contributed by atoms with Crippen LogP contribution in [-0.2, 0) is 0 Å². The van der Waals surface area contributed by atoms with E-state index in [2.05, 4.69) is 15.4 Å². The monoisotopic (exact) mass is 403 g/mol. The second-order valence-electron chi connectivity index (χ2n) is 7.10. The molecule has 1 aliphatic rings. The minimum Gasteiger partial charge on any atom is -0.306 e. The second kappa shape index (κ2) is 7.90. The standard InChI is InChI=1S/C22H21N5O3/c1-3-4-11-26-21(29)16-9-8-15(13-17(16)22(26)30)20(28)24-19-12-14(2)25-27(19)18-7-5-6-10-23-18/h5-10,12-13H,3-4,11H2,1-2H3,(H,24,28). The van der Waals surface area contributed by atoms with E-state index in [-0.39, 0.29) is 17.4 Å². The zero-order valence-electron chi connectivity index (χ0n) is 16.8. The molecule has 0 aliphatic carbocycles. The molecule has 8 nitrogen and oxygen atoms in total. The van der Waals surface area contributed by atoms with E-state index in [1.54, 1.807) is 35.1 Å². The molecule has 0 spiro atoms. The van der Waals surface area contributed by atoms with Gasteiger partial charge in [0.1, 0.15) is 5.82 Å². The number of hydrogen-bond donors (Lipinski definition) is 1. The molecule has 1 aromatic carbocycles. The van der Waals surface area contributed by atoms with Gasteiger partial charge in [0, 0.05) is 24.4 Å². The number of aryl methyl sites for hydroxylation is 1. The quantitative estimate of drug-likeness (QED) is 0.638. The van der Waals surface area contributed by atoms with Crippen LogP contribution in [0.5, 0.6) is 0 Å². The van der Waals surface area contributed by atoms with Gasteiger partial charge in [-0.15, -0.1) is 0 Å². The van der Waals surface area contributed by atoms with Crippen molar-refractivity contribution in [2.24, 2.45) is 0 Å². The highest BCUT2D eigenvalue weighted by Gasteiger charge is 2.35. The minimum atomic E-state index is -0.401. The van der Waals surface area contributed by atoms with Crippen LogP contribution in [0, 0.1) is 6.92 Å². The summed E-state index contributed by atoms with van der Waals surface area (Å²) < 4.78 is 1.54. The number of nitrogens with zero attached hydrogens (tertiary/aromatic N) is 4. The van der Waals surface area contributed by atoms with Crippen LogP contribution in [0.15, 0.2) is 48.7 Å². The molecule has 0 atom stereocenters. The van der Waals surface area contributed by atoms with Gasteiger partial charge < -0.3 is 5.32 Å². The van der Waals surface area contributed by atoms with Gasteiger partial charge in [-0.1, -0.05) is 19.4 Å². The summed E-state index contributed by atoms with van der Waals surface area (Å²) in [7, 11) is 0. The van der Waals surface area contributed by atoms with E-state index in [0.717, 1.165) is 18.5 Å². The van der Waals surface area contributed by atoms with Crippen LogP contribution in [0.4, 0.5) is 5.82 Å². The molecular weight excluding hydrogens is 382 g/mol. The smallest absolute Gasteiger partial charge is 0.261 e. The van der Waals surface area contributed by atoms with Gasteiger partial charge in [0.05, 0.1) is 16.8 Å². The lowest BCUT2D eigenvalue weighted by Gasteiger charge is -2.12. The zero-order chi connectivity index (χ0) is 21.3. The highest BCUT2D eigenvalue weighted by atomic mass is 16.2. The van der Waals surface area contributed by atoms with Crippen molar-refractivity contribution in [3.63, 3.8) is 0 Å². The summed E-state index contributed by atoms with van der Waals surface area (Å²) in [6.07, 6.45) is 3.27. The third kappa shape index (κ3) is 3.47. The van der Waals surface area contributed by atoms with Crippen LogP contribution in [0.2, 0.25) is 0 Å². The lowest BCUT2D eigenvalue weighted by atomic mass is 10.1. The number of benzene rings is 1. The van der Waals surface area contributed by atoms with Gasteiger partial charge in [0.2, 0.25) is 0 Å². The minimum absolute atomic E-state index is 0.262. The molecule has 3 heterocycles. The van der Waals surface area contributed by atoms with Crippen LogP contribution in [-0.4, -0.2) is 43.9 Å². The normalized spacial score (nSPS) is 12.9. The maximum atomic E-state index is 12.9. The summed E-state index contributed by atoms with van der Waals surface area (Å²) in [5.74, 6) is -0.0280. The van der Waals surface area contributed by atoms with E-state index in [9.17, 15) is 14.4 Å². The maximum Gasteiger partial charge on any atom is 0.261 e. The van der Waals surface area contributed by atoms with Crippen molar-refractivity contribution in [3.8, 4) is 5.82 Å². The van der Waals surface area contributed by atoms with Crippen LogP contribution < -0.4 is 5.32 Å². The Labute approximate surface area is 173 Å². The van der Waals surface area contributed by atoms with Crippen LogP contribution in [0.1, 0.15) is 56.5 Å². The molecule has 152 valence electrons. The molecule has 3 amide bonds. The average Bonchev–Trinajstić information content (AvgIpc) is 3.24. The molecule has 0 saturated carbocycles. The SMILES string of the molecule is CCCCN1C(=O)c2ccc(C(=O)Nc3cc(C)nn3-c3ccccn3)cc2C1=O. The fourth-order valence-electron chi connectivity index (χ4n) is 3.38. The van der Waals surface area contributed by atoms with E-state index >= 15 is 0 Å².